The van der Waals surface area contributed by atoms with Gasteiger partial charge in [-0.25, -0.2) is 4.68 Å². The molecular weight excluding hydrogens is 310 g/mol. The zero-order valence-electron chi connectivity index (χ0n) is 15.1. The van der Waals surface area contributed by atoms with Crippen molar-refractivity contribution in [1.82, 2.24) is 15.1 Å². The Morgan fingerprint density at radius 3 is 2.28 bits per heavy atom. The first-order valence-electron chi connectivity index (χ1n) is 8.45. The first-order valence-corrected chi connectivity index (χ1v) is 8.45. The van der Waals surface area contributed by atoms with E-state index < -0.39 is 0 Å². The molecule has 0 bridgehead atoms. The summed E-state index contributed by atoms with van der Waals surface area (Å²) >= 11 is 0. The predicted octanol–water partition coefficient (Wildman–Crippen LogP) is 4.29. The van der Waals surface area contributed by atoms with Gasteiger partial charge in [-0.3, -0.25) is 4.79 Å². The Morgan fingerprint density at radius 2 is 1.64 bits per heavy atom. The molecule has 3 rings (SSSR count). The number of para-hydroxylation sites is 1. The van der Waals surface area contributed by atoms with Crippen molar-refractivity contribution in [2.75, 3.05) is 0 Å². The van der Waals surface area contributed by atoms with E-state index in [0.717, 1.165) is 16.9 Å². The summed E-state index contributed by atoms with van der Waals surface area (Å²) in [5.74, 6) is -0.163. The van der Waals surface area contributed by atoms with Crippen molar-refractivity contribution in [2.45, 2.75) is 33.7 Å². The van der Waals surface area contributed by atoms with Crippen LogP contribution in [0.25, 0.3) is 5.69 Å². The minimum atomic E-state index is -0.163. The molecule has 0 aliphatic carbocycles. The molecular formula is C21H23N3O. The zero-order chi connectivity index (χ0) is 18.0. The quantitative estimate of drug-likeness (QED) is 0.774. The Bertz CT molecular complexity index is 877. The summed E-state index contributed by atoms with van der Waals surface area (Å²) in [4.78, 5) is 12.6. The van der Waals surface area contributed by atoms with Crippen LogP contribution in [0.15, 0.2) is 54.6 Å². The van der Waals surface area contributed by atoms with E-state index in [1.54, 1.807) is 4.68 Å². The topological polar surface area (TPSA) is 46.9 Å². The van der Waals surface area contributed by atoms with Gasteiger partial charge in [0.05, 0.1) is 11.7 Å². The fourth-order valence-corrected chi connectivity index (χ4v) is 3.03. The second-order valence-corrected chi connectivity index (χ2v) is 6.53. The van der Waals surface area contributed by atoms with Gasteiger partial charge in [0.25, 0.3) is 5.91 Å². The molecule has 4 nitrogen and oxygen atoms in total. The third-order valence-electron chi connectivity index (χ3n) is 4.21. The lowest BCUT2D eigenvalue weighted by atomic mass is 10.0. The number of nitrogens with zero attached hydrogens (tertiary/aromatic N) is 2. The Hall–Kier alpha value is -2.88. The third kappa shape index (κ3) is 3.79. The number of carbonyl (C=O) groups excluding carboxylic acids is 1. The fraction of sp³-hybridized carbons (Fsp3) is 0.238. The molecule has 0 aliphatic heterocycles. The monoisotopic (exact) mass is 333 g/mol. The maximum Gasteiger partial charge on any atom is 0.272 e. The molecule has 2 aromatic carbocycles. The number of amides is 1. The predicted molar refractivity (Wildman–Crippen MR) is 100 cm³/mol. The van der Waals surface area contributed by atoms with E-state index >= 15 is 0 Å². The van der Waals surface area contributed by atoms with Gasteiger partial charge in [0.1, 0.15) is 0 Å². The summed E-state index contributed by atoms with van der Waals surface area (Å²) < 4.78 is 1.79. The van der Waals surface area contributed by atoms with E-state index in [4.69, 9.17) is 0 Å². The van der Waals surface area contributed by atoms with Crippen LogP contribution in [0.5, 0.6) is 0 Å². The fourth-order valence-electron chi connectivity index (χ4n) is 3.03. The largest absolute Gasteiger partial charge is 0.344 e. The van der Waals surface area contributed by atoms with Gasteiger partial charge in [0.15, 0.2) is 5.69 Å². The molecule has 0 fully saturated rings. The lowest BCUT2D eigenvalue weighted by Gasteiger charge is -2.15. The van der Waals surface area contributed by atoms with Crippen molar-refractivity contribution < 1.29 is 4.79 Å². The van der Waals surface area contributed by atoms with Crippen molar-refractivity contribution in [1.29, 1.82) is 0 Å². The highest BCUT2D eigenvalue weighted by molar-refractivity contribution is 5.92. The van der Waals surface area contributed by atoms with Gasteiger partial charge < -0.3 is 5.32 Å². The van der Waals surface area contributed by atoms with E-state index in [1.807, 2.05) is 50.2 Å². The highest BCUT2D eigenvalue weighted by atomic mass is 16.2. The highest BCUT2D eigenvalue weighted by Gasteiger charge is 2.16. The van der Waals surface area contributed by atoms with Crippen LogP contribution in [-0.2, 0) is 0 Å². The summed E-state index contributed by atoms with van der Waals surface area (Å²) in [5.41, 5.74) is 5.79. The SMILES string of the molecule is Cc1cc(C)cc(C(C)NC(=O)c2cc(C)n(-c3ccccc3)n2)c1. The Labute approximate surface area is 148 Å². The number of hydrogen-bond donors (Lipinski definition) is 1. The maximum absolute atomic E-state index is 12.6. The van der Waals surface area contributed by atoms with Crippen LogP contribution in [0.4, 0.5) is 0 Å². The van der Waals surface area contributed by atoms with Gasteiger partial charge >= 0.3 is 0 Å². The van der Waals surface area contributed by atoms with Crippen molar-refractivity contribution in [3.63, 3.8) is 0 Å². The van der Waals surface area contributed by atoms with Crippen LogP contribution in [0.1, 0.15) is 45.8 Å². The lowest BCUT2D eigenvalue weighted by molar-refractivity contribution is 0.0934. The standard InChI is InChI=1S/C21H23N3O/c1-14-10-15(2)12-18(11-14)17(4)22-21(25)20-13-16(3)24(23-20)19-8-6-5-7-9-19/h5-13,17H,1-4H3,(H,22,25). The van der Waals surface area contributed by atoms with Gasteiger partial charge in [-0.05, 0) is 51.5 Å². The molecule has 1 unspecified atom stereocenters. The average molecular weight is 333 g/mol. The number of rotatable bonds is 4. The number of carbonyl (C=O) groups is 1. The molecule has 4 heteroatoms. The zero-order valence-corrected chi connectivity index (χ0v) is 15.1. The highest BCUT2D eigenvalue weighted by Crippen LogP contribution is 2.18. The molecule has 1 amide bonds. The smallest absolute Gasteiger partial charge is 0.272 e. The summed E-state index contributed by atoms with van der Waals surface area (Å²) in [6.45, 7) is 8.07. The molecule has 25 heavy (non-hydrogen) atoms. The lowest BCUT2D eigenvalue weighted by Crippen LogP contribution is -2.27. The van der Waals surface area contributed by atoms with Gasteiger partial charge in [-0.1, -0.05) is 47.5 Å². The van der Waals surface area contributed by atoms with Crippen molar-refractivity contribution in [3.8, 4) is 5.69 Å². The van der Waals surface area contributed by atoms with Crippen LogP contribution in [0.3, 0.4) is 0 Å². The average Bonchev–Trinajstić information content (AvgIpc) is 2.96. The molecule has 0 aliphatic rings. The summed E-state index contributed by atoms with van der Waals surface area (Å²) in [7, 11) is 0. The van der Waals surface area contributed by atoms with Crippen molar-refractivity contribution >= 4 is 5.91 Å². The molecule has 1 aromatic heterocycles. The molecule has 0 saturated carbocycles. The van der Waals surface area contributed by atoms with Crippen LogP contribution < -0.4 is 5.32 Å². The van der Waals surface area contributed by atoms with E-state index in [0.29, 0.717) is 5.69 Å². The maximum atomic E-state index is 12.6. The van der Waals surface area contributed by atoms with E-state index in [9.17, 15) is 4.79 Å². The second kappa shape index (κ2) is 6.93. The minimum Gasteiger partial charge on any atom is -0.344 e. The first-order chi connectivity index (χ1) is 11.9. The number of aryl methyl sites for hydroxylation is 3. The van der Waals surface area contributed by atoms with Crippen molar-refractivity contribution in [2.24, 2.45) is 0 Å². The van der Waals surface area contributed by atoms with Crippen molar-refractivity contribution in [3.05, 3.63) is 82.7 Å². The third-order valence-corrected chi connectivity index (χ3v) is 4.21. The van der Waals surface area contributed by atoms with Crippen LogP contribution in [0.2, 0.25) is 0 Å². The second-order valence-electron chi connectivity index (χ2n) is 6.53. The van der Waals surface area contributed by atoms with Crippen LogP contribution >= 0.6 is 0 Å². The molecule has 1 N–H and O–H groups in total. The molecule has 128 valence electrons. The molecule has 0 radical (unpaired) electrons. The molecule has 0 spiro atoms. The van der Waals surface area contributed by atoms with E-state index in [-0.39, 0.29) is 11.9 Å². The number of nitrogens with one attached hydrogen (secondary N) is 1. The minimum absolute atomic E-state index is 0.0757. The van der Waals surface area contributed by atoms with E-state index in [2.05, 4.69) is 42.5 Å². The van der Waals surface area contributed by atoms with Gasteiger partial charge in [-0.2, -0.15) is 5.10 Å². The number of benzene rings is 2. The first kappa shape index (κ1) is 17.0. The summed E-state index contributed by atoms with van der Waals surface area (Å²) in [6, 6.07) is 17.9. The van der Waals surface area contributed by atoms with Crippen LogP contribution in [0, 0.1) is 20.8 Å². The number of hydrogen-bond acceptors (Lipinski definition) is 2. The Kier molecular flexibility index (Phi) is 4.70. The molecule has 3 aromatic rings. The van der Waals surface area contributed by atoms with E-state index in [1.165, 1.54) is 11.1 Å². The molecule has 0 saturated heterocycles. The Morgan fingerprint density at radius 1 is 1.00 bits per heavy atom. The van der Waals surface area contributed by atoms with Gasteiger partial charge in [-0.15, -0.1) is 0 Å². The summed E-state index contributed by atoms with van der Waals surface area (Å²) in [6.07, 6.45) is 0. The van der Waals surface area contributed by atoms with Gasteiger partial charge in [0, 0.05) is 5.69 Å². The molecule has 1 atom stereocenters. The number of aromatic nitrogens is 2. The molecule has 1 heterocycles. The van der Waals surface area contributed by atoms with Gasteiger partial charge in [0.2, 0.25) is 0 Å². The van der Waals surface area contributed by atoms with Crippen LogP contribution in [-0.4, -0.2) is 15.7 Å². The Balaban J connectivity index is 1.80. The normalized spacial score (nSPS) is 12.0. The summed E-state index contributed by atoms with van der Waals surface area (Å²) in [5, 5.41) is 7.51.